The van der Waals surface area contributed by atoms with Gasteiger partial charge < -0.3 is 5.32 Å². The van der Waals surface area contributed by atoms with Gasteiger partial charge in [-0.15, -0.1) is 0 Å². The fourth-order valence-corrected chi connectivity index (χ4v) is 2.85. The van der Waals surface area contributed by atoms with E-state index in [0.29, 0.717) is 12.1 Å². The molecule has 0 aliphatic rings. The fourth-order valence-electron chi connectivity index (χ4n) is 2.85. The summed E-state index contributed by atoms with van der Waals surface area (Å²) in [6.07, 6.45) is 0. The van der Waals surface area contributed by atoms with Gasteiger partial charge in [0.15, 0.2) is 0 Å². The Hall–Kier alpha value is -1.60. The summed E-state index contributed by atoms with van der Waals surface area (Å²) >= 11 is 0. The molecule has 0 saturated carbocycles. The molecule has 1 nitrogen and oxygen atoms in total. The maximum absolute atomic E-state index is 3.72. The van der Waals surface area contributed by atoms with Crippen LogP contribution in [0.4, 0.5) is 0 Å². The Morgan fingerprint density at radius 1 is 0.750 bits per heavy atom. The molecule has 0 spiro atoms. The molecule has 20 heavy (non-hydrogen) atoms. The molecule has 0 aromatic heterocycles. The Morgan fingerprint density at radius 3 is 2.05 bits per heavy atom. The first-order chi connectivity index (χ1) is 9.49. The quantitative estimate of drug-likeness (QED) is 0.819. The normalized spacial score (nSPS) is 14.1. The van der Waals surface area contributed by atoms with Crippen molar-refractivity contribution in [2.75, 3.05) is 0 Å². The molecular formula is C19H25N. The summed E-state index contributed by atoms with van der Waals surface area (Å²) in [6, 6.07) is 16.0. The summed E-state index contributed by atoms with van der Waals surface area (Å²) in [6.45, 7) is 11.0. The number of aryl methyl sites for hydroxylation is 3. The van der Waals surface area contributed by atoms with Gasteiger partial charge in [0.2, 0.25) is 0 Å². The Morgan fingerprint density at radius 2 is 1.35 bits per heavy atom. The molecule has 1 N–H and O–H groups in total. The molecule has 0 saturated heterocycles. The zero-order valence-corrected chi connectivity index (χ0v) is 13.2. The fraction of sp³-hybridized carbons (Fsp3) is 0.368. The zero-order valence-electron chi connectivity index (χ0n) is 13.2. The second kappa shape index (κ2) is 6.23. The second-order valence-electron chi connectivity index (χ2n) is 5.83. The maximum atomic E-state index is 3.72. The first kappa shape index (κ1) is 14.8. The standard InChI is InChI=1S/C19H25N/c1-13-10-11-15(3)19(12-13)17(5)20-16(4)18-9-7-6-8-14(18)2/h6-12,16-17,20H,1-5H3/t16-,17?/m0/s1. The van der Waals surface area contributed by atoms with Gasteiger partial charge in [0.25, 0.3) is 0 Å². The van der Waals surface area contributed by atoms with Crippen LogP contribution in [-0.4, -0.2) is 0 Å². The van der Waals surface area contributed by atoms with E-state index in [4.69, 9.17) is 0 Å². The molecule has 2 atom stereocenters. The van der Waals surface area contributed by atoms with Crippen LogP contribution in [0.1, 0.15) is 53.7 Å². The molecule has 0 bridgehead atoms. The molecule has 2 rings (SSSR count). The summed E-state index contributed by atoms with van der Waals surface area (Å²) in [5.74, 6) is 0. The Labute approximate surface area is 123 Å². The van der Waals surface area contributed by atoms with E-state index in [0.717, 1.165) is 0 Å². The highest BCUT2D eigenvalue weighted by Gasteiger charge is 2.14. The largest absolute Gasteiger partial charge is 0.304 e. The lowest BCUT2D eigenvalue weighted by molar-refractivity contribution is 0.491. The third-order valence-corrected chi connectivity index (χ3v) is 4.06. The lowest BCUT2D eigenvalue weighted by Gasteiger charge is -2.23. The average molecular weight is 267 g/mol. The van der Waals surface area contributed by atoms with E-state index in [9.17, 15) is 0 Å². The highest BCUT2D eigenvalue weighted by atomic mass is 14.9. The van der Waals surface area contributed by atoms with Gasteiger partial charge in [-0.3, -0.25) is 0 Å². The van der Waals surface area contributed by atoms with Gasteiger partial charge in [0, 0.05) is 12.1 Å². The van der Waals surface area contributed by atoms with Crippen molar-refractivity contribution < 1.29 is 0 Å². The van der Waals surface area contributed by atoms with Crippen molar-refractivity contribution in [1.82, 2.24) is 5.32 Å². The van der Waals surface area contributed by atoms with Crippen LogP contribution >= 0.6 is 0 Å². The van der Waals surface area contributed by atoms with Crippen molar-refractivity contribution in [3.05, 3.63) is 70.3 Å². The molecule has 0 aliphatic carbocycles. The zero-order chi connectivity index (χ0) is 14.7. The number of hydrogen-bond acceptors (Lipinski definition) is 1. The van der Waals surface area contributed by atoms with Crippen LogP contribution in [-0.2, 0) is 0 Å². The van der Waals surface area contributed by atoms with Gasteiger partial charge in [0.05, 0.1) is 0 Å². The lowest BCUT2D eigenvalue weighted by Crippen LogP contribution is -2.23. The van der Waals surface area contributed by atoms with Gasteiger partial charge in [0.1, 0.15) is 0 Å². The molecule has 2 aromatic carbocycles. The van der Waals surface area contributed by atoms with Crippen LogP contribution in [0.15, 0.2) is 42.5 Å². The first-order valence-corrected chi connectivity index (χ1v) is 7.37. The summed E-state index contributed by atoms with van der Waals surface area (Å²) < 4.78 is 0. The van der Waals surface area contributed by atoms with Crippen LogP contribution < -0.4 is 5.32 Å². The summed E-state index contributed by atoms with van der Waals surface area (Å²) in [5.41, 5.74) is 6.80. The minimum absolute atomic E-state index is 0.351. The van der Waals surface area contributed by atoms with Crippen molar-refractivity contribution >= 4 is 0 Å². The van der Waals surface area contributed by atoms with Crippen molar-refractivity contribution in [2.24, 2.45) is 0 Å². The van der Waals surface area contributed by atoms with Crippen LogP contribution in [0.2, 0.25) is 0 Å². The van der Waals surface area contributed by atoms with E-state index in [1.54, 1.807) is 0 Å². The Balaban J connectivity index is 2.17. The maximum Gasteiger partial charge on any atom is 0.0300 e. The number of nitrogens with one attached hydrogen (secondary N) is 1. The first-order valence-electron chi connectivity index (χ1n) is 7.37. The van der Waals surface area contributed by atoms with Crippen LogP contribution in [0, 0.1) is 20.8 Å². The van der Waals surface area contributed by atoms with Gasteiger partial charge >= 0.3 is 0 Å². The molecule has 1 heteroatoms. The third kappa shape index (κ3) is 3.29. The molecule has 0 aliphatic heterocycles. The van der Waals surface area contributed by atoms with Gasteiger partial charge in [-0.1, -0.05) is 48.0 Å². The van der Waals surface area contributed by atoms with Gasteiger partial charge in [-0.25, -0.2) is 0 Å². The van der Waals surface area contributed by atoms with Crippen LogP contribution in [0.25, 0.3) is 0 Å². The van der Waals surface area contributed by atoms with E-state index in [2.05, 4.69) is 82.4 Å². The van der Waals surface area contributed by atoms with Crippen molar-refractivity contribution in [2.45, 2.75) is 46.7 Å². The highest BCUT2D eigenvalue weighted by molar-refractivity contribution is 5.33. The van der Waals surface area contributed by atoms with E-state index >= 15 is 0 Å². The van der Waals surface area contributed by atoms with Gasteiger partial charge in [-0.2, -0.15) is 0 Å². The summed E-state index contributed by atoms with van der Waals surface area (Å²) in [4.78, 5) is 0. The Kier molecular flexibility index (Phi) is 4.61. The molecule has 0 fully saturated rings. The minimum Gasteiger partial charge on any atom is -0.304 e. The molecule has 0 heterocycles. The molecule has 0 amide bonds. The number of hydrogen-bond donors (Lipinski definition) is 1. The van der Waals surface area contributed by atoms with Crippen LogP contribution in [0.3, 0.4) is 0 Å². The van der Waals surface area contributed by atoms with Crippen LogP contribution in [0.5, 0.6) is 0 Å². The summed E-state index contributed by atoms with van der Waals surface area (Å²) in [7, 11) is 0. The highest BCUT2D eigenvalue weighted by Crippen LogP contribution is 2.24. The second-order valence-corrected chi connectivity index (χ2v) is 5.83. The predicted molar refractivity (Wildman–Crippen MR) is 87.1 cm³/mol. The SMILES string of the molecule is Cc1ccc(C)c(C(C)N[C@@H](C)c2ccccc2C)c1. The summed E-state index contributed by atoms with van der Waals surface area (Å²) in [5, 5.41) is 3.72. The number of rotatable bonds is 4. The minimum atomic E-state index is 0.351. The number of benzene rings is 2. The lowest BCUT2D eigenvalue weighted by atomic mass is 9.97. The smallest absolute Gasteiger partial charge is 0.0300 e. The monoisotopic (exact) mass is 267 g/mol. The molecular weight excluding hydrogens is 242 g/mol. The topological polar surface area (TPSA) is 12.0 Å². The van der Waals surface area contributed by atoms with E-state index in [1.807, 2.05) is 0 Å². The molecule has 0 radical (unpaired) electrons. The Bertz CT molecular complexity index is 586. The van der Waals surface area contributed by atoms with E-state index < -0.39 is 0 Å². The third-order valence-electron chi connectivity index (χ3n) is 4.06. The van der Waals surface area contributed by atoms with Gasteiger partial charge in [-0.05, 0) is 56.9 Å². The molecule has 2 aromatic rings. The van der Waals surface area contributed by atoms with Crippen molar-refractivity contribution in [1.29, 1.82) is 0 Å². The average Bonchev–Trinajstić information content (AvgIpc) is 2.41. The van der Waals surface area contributed by atoms with E-state index in [1.165, 1.54) is 27.8 Å². The predicted octanol–water partition coefficient (Wildman–Crippen LogP) is 5.02. The molecule has 1 unspecified atom stereocenters. The van der Waals surface area contributed by atoms with Crippen molar-refractivity contribution in [3.63, 3.8) is 0 Å². The molecule has 106 valence electrons. The van der Waals surface area contributed by atoms with Crippen molar-refractivity contribution in [3.8, 4) is 0 Å². The van der Waals surface area contributed by atoms with E-state index in [-0.39, 0.29) is 0 Å².